The average molecular weight is 291 g/mol. The summed E-state index contributed by atoms with van der Waals surface area (Å²) >= 11 is 0. The van der Waals surface area contributed by atoms with Crippen LogP contribution in [0.2, 0.25) is 0 Å². The molecule has 0 bridgehead atoms. The monoisotopic (exact) mass is 291 g/mol. The van der Waals surface area contributed by atoms with Gasteiger partial charge in [0, 0.05) is 5.69 Å². The fourth-order valence-electron chi connectivity index (χ4n) is 1.82. The lowest BCUT2D eigenvalue weighted by atomic mass is 9.80. The Bertz CT molecular complexity index is 648. The SMILES string of the molecule is N#CC(Nc1ccc([B-](F)(F)F)cc1)c1ccc(O)cc1. The highest BCUT2D eigenvalue weighted by Gasteiger charge is 2.25. The predicted octanol–water partition coefficient (Wildman–Crippen LogP) is 3.12. The first kappa shape index (κ1) is 14.8. The fraction of sp³-hybridized carbons (Fsp3) is 0.0714. The summed E-state index contributed by atoms with van der Waals surface area (Å²) in [6.07, 6.45) is 0. The maximum atomic E-state index is 12.5. The number of phenols is 1. The second-order valence-electron chi connectivity index (χ2n) is 4.49. The number of halogens is 3. The van der Waals surface area contributed by atoms with Gasteiger partial charge in [-0.2, -0.15) is 5.26 Å². The summed E-state index contributed by atoms with van der Waals surface area (Å²) in [5.74, 6) is 0.0761. The summed E-state index contributed by atoms with van der Waals surface area (Å²) in [6, 6.07) is 11.9. The second-order valence-corrected chi connectivity index (χ2v) is 4.49. The van der Waals surface area contributed by atoms with Crippen molar-refractivity contribution in [1.82, 2.24) is 0 Å². The zero-order valence-electron chi connectivity index (χ0n) is 10.8. The lowest BCUT2D eigenvalue weighted by Gasteiger charge is -2.17. The molecule has 0 radical (unpaired) electrons. The van der Waals surface area contributed by atoms with Crippen LogP contribution in [0.4, 0.5) is 18.6 Å². The minimum atomic E-state index is -5.02. The van der Waals surface area contributed by atoms with E-state index in [1.165, 1.54) is 24.3 Å². The number of aromatic hydroxyl groups is 1. The Labute approximate surface area is 119 Å². The molecular formula is C14H11BF3N2O-. The molecule has 7 heteroatoms. The van der Waals surface area contributed by atoms with E-state index in [4.69, 9.17) is 5.26 Å². The molecule has 0 aliphatic carbocycles. The smallest absolute Gasteiger partial charge is 0.508 e. The first-order chi connectivity index (χ1) is 9.90. The summed E-state index contributed by atoms with van der Waals surface area (Å²) in [5, 5.41) is 21.2. The second kappa shape index (κ2) is 5.79. The van der Waals surface area contributed by atoms with E-state index in [9.17, 15) is 18.1 Å². The topological polar surface area (TPSA) is 56.0 Å². The largest absolute Gasteiger partial charge is 0.509 e. The van der Waals surface area contributed by atoms with Crippen molar-refractivity contribution in [3.8, 4) is 11.8 Å². The molecule has 3 nitrogen and oxygen atoms in total. The van der Waals surface area contributed by atoms with Gasteiger partial charge in [-0.3, -0.25) is 0 Å². The molecule has 0 aliphatic heterocycles. The third-order valence-corrected chi connectivity index (χ3v) is 2.96. The van der Waals surface area contributed by atoms with Crippen molar-refractivity contribution in [2.24, 2.45) is 0 Å². The van der Waals surface area contributed by atoms with Gasteiger partial charge in [-0.15, -0.1) is 5.46 Å². The molecule has 0 heterocycles. The maximum Gasteiger partial charge on any atom is 0.509 e. The number of phenolic OH excluding ortho intramolecular Hbond substituents is 1. The van der Waals surface area contributed by atoms with Crippen molar-refractivity contribution in [3.05, 3.63) is 54.1 Å². The first-order valence-corrected chi connectivity index (χ1v) is 6.15. The lowest BCUT2D eigenvalue weighted by molar-refractivity contribution is 0.475. The van der Waals surface area contributed by atoms with Crippen LogP contribution in [0.5, 0.6) is 5.75 Å². The molecule has 1 unspecified atom stereocenters. The first-order valence-electron chi connectivity index (χ1n) is 6.15. The van der Waals surface area contributed by atoms with Crippen LogP contribution in [-0.4, -0.2) is 12.1 Å². The zero-order chi connectivity index (χ0) is 15.5. The summed E-state index contributed by atoms with van der Waals surface area (Å²) in [7, 11) is 0. The molecule has 108 valence electrons. The maximum absolute atomic E-state index is 12.5. The van der Waals surface area contributed by atoms with Crippen LogP contribution >= 0.6 is 0 Å². The Morgan fingerprint density at radius 3 is 2.05 bits per heavy atom. The van der Waals surface area contributed by atoms with Crippen LogP contribution in [0.25, 0.3) is 0 Å². The van der Waals surface area contributed by atoms with Crippen molar-refractivity contribution >= 4 is 18.1 Å². The number of nitriles is 1. The van der Waals surface area contributed by atoms with Gasteiger partial charge in [0.25, 0.3) is 0 Å². The van der Waals surface area contributed by atoms with E-state index in [2.05, 4.69) is 5.32 Å². The van der Waals surface area contributed by atoms with Crippen LogP contribution in [0.1, 0.15) is 11.6 Å². The Morgan fingerprint density at radius 1 is 1.00 bits per heavy atom. The van der Waals surface area contributed by atoms with Gasteiger partial charge < -0.3 is 23.4 Å². The summed E-state index contributed by atoms with van der Waals surface area (Å²) in [4.78, 5) is 0. The Hall–Kier alpha value is -2.62. The fourth-order valence-corrected chi connectivity index (χ4v) is 1.82. The molecule has 2 aromatic rings. The minimum Gasteiger partial charge on any atom is -0.508 e. The highest BCUT2D eigenvalue weighted by molar-refractivity contribution is 6.73. The Kier molecular flexibility index (Phi) is 4.08. The molecule has 0 amide bonds. The van der Waals surface area contributed by atoms with E-state index in [0.717, 1.165) is 12.1 Å². The number of anilines is 1. The van der Waals surface area contributed by atoms with Crippen molar-refractivity contribution < 1.29 is 18.1 Å². The highest BCUT2D eigenvalue weighted by Crippen LogP contribution is 2.21. The van der Waals surface area contributed by atoms with Crippen molar-refractivity contribution in [2.75, 3.05) is 5.32 Å². The van der Waals surface area contributed by atoms with Gasteiger partial charge >= 0.3 is 6.98 Å². The molecule has 2 rings (SSSR count). The molecule has 0 fully saturated rings. The van der Waals surface area contributed by atoms with Gasteiger partial charge in [0.05, 0.1) is 6.07 Å². The van der Waals surface area contributed by atoms with Crippen LogP contribution in [0, 0.1) is 11.3 Å². The van der Waals surface area contributed by atoms with Crippen molar-refractivity contribution in [2.45, 2.75) is 6.04 Å². The molecule has 0 aliphatic rings. The highest BCUT2D eigenvalue weighted by atomic mass is 19.4. The standard InChI is InChI=1S/C14H11BF3N2O/c16-15(17,18)11-3-5-12(6-4-11)20-14(9-19)10-1-7-13(21)8-2-10/h1-8,14,20-21H/q-1. The summed E-state index contributed by atoms with van der Waals surface area (Å²) in [5.41, 5.74) is 0.344. The molecule has 0 saturated carbocycles. The van der Waals surface area contributed by atoms with Crippen LogP contribution in [-0.2, 0) is 0 Å². The Balaban J connectivity index is 2.16. The number of benzene rings is 2. The van der Waals surface area contributed by atoms with E-state index >= 15 is 0 Å². The molecule has 1 atom stereocenters. The van der Waals surface area contributed by atoms with E-state index < -0.39 is 18.5 Å². The third-order valence-electron chi connectivity index (χ3n) is 2.96. The van der Waals surface area contributed by atoms with Gasteiger partial charge in [0.2, 0.25) is 0 Å². The molecule has 21 heavy (non-hydrogen) atoms. The summed E-state index contributed by atoms with van der Waals surface area (Å²) < 4.78 is 37.6. The number of hydrogen-bond donors (Lipinski definition) is 2. The van der Waals surface area contributed by atoms with E-state index in [1.807, 2.05) is 6.07 Å². The molecule has 0 spiro atoms. The molecule has 0 saturated heterocycles. The molecule has 2 aromatic carbocycles. The number of hydrogen-bond acceptors (Lipinski definition) is 3. The van der Waals surface area contributed by atoms with E-state index in [0.29, 0.717) is 11.3 Å². The van der Waals surface area contributed by atoms with Gasteiger partial charge in [0.1, 0.15) is 11.8 Å². The van der Waals surface area contributed by atoms with Gasteiger partial charge in [0.15, 0.2) is 0 Å². The van der Waals surface area contributed by atoms with Gasteiger partial charge in [-0.05, 0) is 29.8 Å². The number of nitrogens with one attached hydrogen (secondary N) is 1. The van der Waals surface area contributed by atoms with Crippen LogP contribution in [0.15, 0.2) is 48.5 Å². The third kappa shape index (κ3) is 3.69. The zero-order valence-corrected chi connectivity index (χ0v) is 10.8. The molecule has 2 N–H and O–H groups in total. The lowest BCUT2D eigenvalue weighted by Crippen LogP contribution is -2.33. The molecular weight excluding hydrogens is 280 g/mol. The molecule has 0 aromatic heterocycles. The van der Waals surface area contributed by atoms with Crippen molar-refractivity contribution in [3.63, 3.8) is 0 Å². The van der Waals surface area contributed by atoms with E-state index in [-0.39, 0.29) is 5.75 Å². The quantitative estimate of drug-likeness (QED) is 0.851. The number of rotatable bonds is 4. The van der Waals surface area contributed by atoms with Gasteiger partial charge in [-0.25, -0.2) is 0 Å². The minimum absolute atomic E-state index is 0.0761. The summed E-state index contributed by atoms with van der Waals surface area (Å²) in [6.45, 7) is -5.02. The average Bonchev–Trinajstić information content (AvgIpc) is 2.45. The normalized spacial score (nSPS) is 12.5. The van der Waals surface area contributed by atoms with E-state index in [1.54, 1.807) is 12.1 Å². The van der Waals surface area contributed by atoms with Gasteiger partial charge in [-0.1, -0.05) is 24.3 Å². The van der Waals surface area contributed by atoms with Crippen LogP contribution < -0.4 is 10.8 Å². The Morgan fingerprint density at radius 2 is 1.57 bits per heavy atom. The van der Waals surface area contributed by atoms with Crippen molar-refractivity contribution in [1.29, 1.82) is 5.26 Å². The van der Waals surface area contributed by atoms with Crippen LogP contribution in [0.3, 0.4) is 0 Å². The predicted molar refractivity (Wildman–Crippen MR) is 75.2 cm³/mol. The number of nitrogens with zero attached hydrogens (tertiary/aromatic N) is 1.